The number of ether oxygens (including phenoxy) is 1. The lowest BCUT2D eigenvalue weighted by atomic mass is 10.0. The smallest absolute Gasteiger partial charge is 0.277 e. The van der Waals surface area contributed by atoms with Gasteiger partial charge in [-0.15, -0.1) is 0 Å². The minimum atomic E-state index is -0.342. The van der Waals surface area contributed by atoms with Crippen molar-refractivity contribution in [1.82, 2.24) is 14.8 Å². The number of carbonyl (C=O) groups is 1. The molecule has 0 saturated carbocycles. The number of aromatic nitrogens is 3. The van der Waals surface area contributed by atoms with Crippen LogP contribution in [0.25, 0.3) is 10.9 Å². The van der Waals surface area contributed by atoms with Gasteiger partial charge in [0.15, 0.2) is 5.78 Å². The second-order valence-electron chi connectivity index (χ2n) is 6.71. The van der Waals surface area contributed by atoms with Gasteiger partial charge in [0.05, 0.1) is 5.52 Å². The van der Waals surface area contributed by atoms with Crippen LogP contribution in [0.15, 0.2) is 59.5 Å². The summed E-state index contributed by atoms with van der Waals surface area (Å²) in [6.07, 6.45) is 1.67. The molecule has 2 heterocycles. The van der Waals surface area contributed by atoms with Crippen LogP contribution >= 0.6 is 0 Å². The zero-order chi connectivity index (χ0) is 19.8. The molecular formula is C22H19N3O3. The maximum Gasteiger partial charge on any atom is 0.277 e. The molecule has 6 nitrogen and oxygen atoms in total. The third-order valence-corrected chi connectivity index (χ3v) is 4.73. The Kier molecular flexibility index (Phi) is 4.31. The number of hydrogen-bond donors (Lipinski definition) is 1. The van der Waals surface area contributed by atoms with Crippen LogP contribution in [-0.4, -0.2) is 20.5 Å². The zero-order valence-corrected chi connectivity index (χ0v) is 15.8. The first-order chi connectivity index (χ1) is 13.5. The van der Waals surface area contributed by atoms with Gasteiger partial charge in [-0.25, -0.2) is 0 Å². The summed E-state index contributed by atoms with van der Waals surface area (Å²) in [5.41, 5.74) is 2.47. The summed E-state index contributed by atoms with van der Waals surface area (Å²) >= 11 is 0. The van der Waals surface area contributed by atoms with E-state index in [4.69, 9.17) is 4.74 Å². The van der Waals surface area contributed by atoms with E-state index in [2.05, 4.69) is 10.1 Å². The Hall–Kier alpha value is -3.67. The Morgan fingerprint density at radius 2 is 1.86 bits per heavy atom. The molecule has 0 saturated heterocycles. The number of ketones is 1. The number of aromatic amines is 1. The minimum absolute atomic E-state index is 0.145. The Labute approximate surface area is 161 Å². The molecule has 0 unspecified atom stereocenters. The van der Waals surface area contributed by atoms with Crippen molar-refractivity contribution >= 4 is 16.7 Å². The molecular weight excluding hydrogens is 354 g/mol. The second-order valence-corrected chi connectivity index (χ2v) is 6.71. The van der Waals surface area contributed by atoms with Crippen molar-refractivity contribution in [3.63, 3.8) is 0 Å². The highest BCUT2D eigenvalue weighted by Crippen LogP contribution is 2.31. The highest BCUT2D eigenvalue weighted by molar-refractivity contribution is 6.11. The van der Waals surface area contributed by atoms with Gasteiger partial charge >= 0.3 is 0 Å². The largest absolute Gasteiger partial charge is 0.456 e. The molecule has 0 amide bonds. The first kappa shape index (κ1) is 17.7. The number of benzene rings is 2. The standard InChI is InChI=1S/C22H19N3O3/c1-13-6-4-5-7-18(13)28-19-10-11-23-17-9-8-15(12-16(17)19)21(26)20-14(2)24-25(3)22(20)27/h4-12,24H,1-3H3. The topological polar surface area (TPSA) is 77.0 Å². The van der Waals surface area contributed by atoms with Crippen molar-refractivity contribution in [2.75, 3.05) is 0 Å². The fraction of sp³-hybridized carbons (Fsp3) is 0.136. The van der Waals surface area contributed by atoms with E-state index in [1.165, 1.54) is 4.68 Å². The lowest BCUT2D eigenvalue weighted by Gasteiger charge is -2.11. The summed E-state index contributed by atoms with van der Waals surface area (Å²) in [6, 6.07) is 14.7. The number of para-hydroxylation sites is 1. The zero-order valence-electron chi connectivity index (χ0n) is 15.8. The van der Waals surface area contributed by atoms with Gasteiger partial charge in [-0.2, -0.15) is 0 Å². The molecule has 0 atom stereocenters. The number of carbonyl (C=O) groups excluding carboxylic acids is 1. The molecule has 0 aliphatic carbocycles. The highest BCUT2D eigenvalue weighted by Gasteiger charge is 2.20. The van der Waals surface area contributed by atoms with Crippen molar-refractivity contribution in [1.29, 1.82) is 0 Å². The van der Waals surface area contributed by atoms with Gasteiger partial charge in [-0.3, -0.25) is 24.4 Å². The predicted octanol–water partition coefficient (Wildman–Crippen LogP) is 3.90. The molecule has 0 spiro atoms. The van der Waals surface area contributed by atoms with Gasteiger partial charge in [0.1, 0.15) is 17.1 Å². The molecule has 4 aromatic rings. The number of rotatable bonds is 4. The van der Waals surface area contributed by atoms with Crippen LogP contribution in [0.1, 0.15) is 27.2 Å². The molecule has 1 N–H and O–H groups in total. The third-order valence-electron chi connectivity index (χ3n) is 4.73. The molecule has 0 aliphatic heterocycles. The summed E-state index contributed by atoms with van der Waals surface area (Å²) < 4.78 is 7.39. The number of fused-ring (bicyclic) bond motifs is 1. The Balaban J connectivity index is 1.81. The van der Waals surface area contributed by atoms with E-state index in [0.717, 1.165) is 11.3 Å². The summed E-state index contributed by atoms with van der Waals surface area (Å²) in [4.78, 5) is 29.6. The van der Waals surface area contributed by atoms with Gasteiger partial charge in [0.2, 0.25) is 0 Å². The number of nitrogens with zero attached hydrogens (tertiary/aromatic N) is 2. The number of hydrogen-bond acceptors (Lipinski definition) is 4. The van der Waals surface area contributed by atoms with Gasteiger partial charge in [-0.05, 0) is 49.7 Å². The minimum Gasteiger partial charge on any atom is -0.456 e. The first-order valence-corrected chi connectivity index (χ1v) is 8.88. The van der Waals surface area contributed by atoms with Crippen molar-refractivity contribution in [2.45, 2.75) is 13.8 Å². The average molecular weight is 373 g/mol. The number of H-pyrrole nitrogens is 1. The Bertz CT molecular complexity index is 1270. The van der Waals surface area contributed by atoms with Crippen molar-refractivity contribution in [3.05, 3.63) is 87.5 Å². The fourth-order valence-corrected chi connectivity index (χ4v) is 3.24. The van der Waals surface area contributed by atoms with Crippen LogP contribution in [0.4, 0.5) is 0 Å². The third kappa shape index (κ3) is 2.99. The molecule has 0 radical (unpaired) electrons. The van der Waals surface area contributed by atoms with Crippen LogP contribution in [0.5, 0.6) is 11.5 Å². The van der Waals surface area contributed by atoms with E-state index in [-0.39, 0.29) is 16.9 Å². The lowest BCUT2D eigenvalue weighted by molar-refractivity contribution is 0.103. The first-order valence-electron chi connectivity index (χ1n) is 8.88. The number of nitrogens with one attached hydrogen (secondary N) is 1. The predicted molar refractivity (Wildman–Crippen MR) is 107 cm³/mol. The van der Waals surface area contributed by atoms with E-state index in [9.17, 15) is 9.59 Å². The quantitative estimate of drug-likeness (QED) is 0.551. The van der Waals surface area contributed by atoms with Gasteiger partial charge in [0, 0.05) is 29.9 Å². The van der Waals surface area contributed by atoms with E-state index in [1.807, 2.05) is 31.2 Å². The molecule has 2 aromatic carbocycles. The van der Waals surface area contributed by atoms with Crippen molar-refractivity contribution in [2.24, 2.45) is 7.05 Å². The van der Waals surface area contributed by atoms with Gasteiger partial charge < -0.3 is 4.74 Å². The molecule has 0 bridgehead atoms. The molecule has 28 heavy (non-hydrogen) atoms. The van der Waals surface area contributed by atoms with Crippen LogP contribution in [0, 0.1) is 13.8 Å². The molecule has 6 heteroatoms. The normalized spacial score (nSPS) is 11.0. The summed E-state index contributed by atoms with van der Waals surface area (Å²) in [5, 5.41) is 3.57. The molecule has 0 fully saturated rings. The van der Waals surface area contributed by atoms with Crippen molar-refractivity contribution in [3.8, 4) is 11.5 Å². The monoisotopic (exact) mass is 373 g/mol. The summed E-state index contributed by atoms with van der Waals surface area (Å²) in [5.74, 6) is 1.02. The number of aryl methyl sites for hydroxylation is 3. The van der Waals surface area contributed by atoms with E-state index >= 15 is 0 Å². The maximum absolute atomic E-state index is 13.0. The second kappa shape index (κ2) is 6.81. The lowest BCUT2D eigenvalue weighted by Crippen LogP contribution is -2.19. The molecule has 4 rings (SSSR count). The molecule has 2 aromatic heterocycles. The maximum atomic E-state index is 13.0. The molecule has 0 aliphatic rings. The summed E-state index contributed by atoms with van der Waals surface area (Å²) in [7, 11) is 1.59. The van der Waals surface area contributed by atoms with Crippen molar-refractivity contribution < 1.29 is 9.53 Å². The number of pyridine rings is 1. The van der Waals surface area contributed by atoms with E-state index < -0.39 is 0 Å². The van der Waals surface area contributed by atoms with E-state index in [1.54, 1.807) is 44.4 Å². The average Bonchev–Trinajstić information content (AvgIpc) is 2.94. The highest BCUT2D eigenvalue weighted by atomic mass is 16.5. The van der Waals surface area contributed by atoms with Crippen LogP contribution < -0.4 is 10.3 Å². The van der Waals surface area contributed by atoms with Crippen LogP contribution in [0.3, 0.4) is 0 Å². The van der Waals surface area contributed by atoms with Gasteiger partial charge in [0.25, 0.3) is 5.56 Å². The van der Waals surface area contributed by atoms with Crippen LogP contribution in [0.2, 0.25) is 0 Å². The van der Waals surface area contributed by atoms with Crippen LogP contribution in [-0.2, 0) is 7.05 Å². The Morgan fingerprint density at radius 1 is 1.07 bits per heavy atom. The summed E-state index contributed by atoms with van der Waals surface area (Å²) in [6.45, 7) is 3.68. The fourth-order valence-electron chi connectivity index (χ4n) is 3.24. The molecule has 140 valence electrons. The van der Waals surface area contributed by atoms with E-state index in [0.29, 0.717) is 27.9 Å². The van der Waals surface area contributed by atoms with Gasteiger partial charge in [-0.1, -0.05) is 18.2 Å². The SMILES string of the molecule is Cc1ccccc1Oc1ccnc2ccc(C(=O)c3c(C)[nH]n(C)c3=O)cc12. The Morgan fingerprint density at radius 3 is 2.57 bits per heavy atom.